The molecule has 0 N–H and O–H groups in total. The highest BCUT2D eigenvalue weighted by atomic mass is 32.2. The maximum Gasteiger partial charge on any atom is 0.196 e. The minimum Gasteiger partial charge on any atom is -0.349 e. The Morgan fingerprint density at radius 2 is 1.82 bits per heavy atom. The first-order chi connectivity index (χ1) is 15.9. The first-order valence-electron chi connectivity index (χ1n) is 11.7. The smallest absolute Gasteiger partial charge is 0.196 e. The number of ketones is 1. The van der Waals surface area contributed by atoms with Gasteiger partial charge in [-0.1, -0.05) is 18.2 Å². The van der Waals surface area contributed by atoms with Crippen molar-refractivity contribution in [2.45, 2.75) is 64.7 Å². The number of aryl methyl sites for hydroxylation is 1. The predicted molar refractivity (Wildman–Crippen MR) is 130 cm³/mol. The van der Waals surface area contributed by atoms with Crippen LogP contribution in [0.5, 0.6) is 0 Å². The Morgan fingerprint density at radius 3 is 2.45 bits per heavy atom. The van der Waals surface area contributed by atoms with Crippen LogP contribution in [-0.2, 0) is 6.54 Å². The van der Waals surface area contributed by atoms with Crippen LogP contribution in [0.1, 0.15) is 66.7 Å². The number of hydrogen-bond acceptors (Lipinski definition) is 5. The summed E-state index contributed by atoms with van der Waals surface area (Å²) in [7, 11) is 0. The average molecular weight is 470 g/mol. The van der Waals surface area contributed by atoms with Gasteiger partial charge in [-0.05, 0) is 84.0 Å². The van der Waals surface area contributed by atoms with Crippen LogP contribution in [-0.4, -0.2) is 48.9 Å². The lowest BCUT2D eigenvalue weighted by Gasteiger charge is -2.31. The van der Waals surface area contributed by atoms with Crippen molar-refractivity contribution < 1.29 is 9.18 Å². The molecule has 1 aromatic carbocycles. The molecular weight excluding hydrogens is 437 g/mol. The van der Waals surface area contributed by atoms with Crippen molar-refractivity contribution in [3.63, 3.8) is 0 Å². The highest BCUT2D eigenvalue weighted by Crippen LogP contribution is 2.30. The Kier molecular flexibility index (Phi) is 7.34. The van der Waals surface area contributed by atoms with Crippen molar-refractivity contribution in [3.8, 4) is 5.69 Å². The number of rotatable bonds is 8. The summed E-state index contributed by atoms with van der Waals surface area (Å²) in [5, 5.41) is 9.64. The van der Waals surface area contributed by atoms with E-state index in [-0.39, 0.29) is 23.4 Å². The Hall–Kier alpha value is -2.45. The SMILES string of the molecule is CCn1c(C)cc(C(=O)CSc2nnc(C(C)N3CCCCC3)n2-c2ccc(F)cc2)c1C. The van der Waals surface area contributed by atoms with Crippen LogP contribution in [0.4, 0.5) is 4.39 Å². The van der Waals surface area contributed by atoms with E-state index in [2.05, 4.69) is 33.5 Å². The largest absolute Gasteiger partial charge is 0.349 e. The van der Waals surface area contributed by atoms with E-state index in [1.54, 1.807) is 12.1 Å². The molecule has 33 heavy (non-hydrogen) atoms. The molecule has 8 heteroatoms. The third kappa shape index (κ3) is 4.92. The molecule has 6 nitrogen and oxygen atoms in total. The number of benzene rings is 1. The molecule has 0 amide bonds. The van der Waals surface area contributed by atoms with Gasteiger partial charge in [-0.25, -0.2) is 4.39 Å². The molecule has 3 heterocycles. The number of nitrogens with zero attached hydrogens (tertiary/aromatic N) is 5. The lowest BCUT2D eigenvalue weighted by molar-refractivity contribution is 0.102. The lowest BCUT2D eigenvalue weighted by Crippen LogP contribution is -2.33. The van der Waals surface area contributed by atoms with E-state index < -0.39 is 0 Å². The van der Waals surface area contributed by atoms with Crippen LogP contribution in [0.15, 0.2) is 35.5 Å². The number of halogens is 1. The zero-order chi connectivity index (χ0) is 23.5. The van der Waals surface area contributed by atoms with Gasteiger partial charge in [-0.15, -0.1) is 10.2 Å². The van der Waals surface area contributed by atoms with E-state index >= 15 is 0 Å². The molecule has 0 radical (unpaired) electrons. The summed E-state index contributed by atoms with van der Waals surface area (Å²) in [5.41, 5.74) is 3.66. The third-order valence-electron chi connectivity index (χ3n) is 6.58. The quantitative estimate of drug-likeness (QED) is 0.328. The summed E-state index contributed by atoms with van der Waals surface area (Å²) >= 11 is 1.38. The van der Waals surface area contributed by atoms with Gasteiger partial charge in [0.25, 0.3) is 0 Å². The van der Waals surface area contributed by atoms with E-state index in [9.17, 15) is 9.18 Å². The minimum absolute atomic E-state index is 0.0760. The Bertz CT molecular complexity index is 1110. The molecule has 1 unspecified atom stereocenters. The zero-order valence-electron chi connectivity index (χ0n) is 19.8. The predicted octanol–water partition coefficient (Wildman–Crippen LogP) is 5.37. The number of carbonyl (C=O) groups is 1. The minimum atomic E-state index is -0.284. The second-order valence-electron chi connectivity index (χ2n) is 8.67. The van der Waals surface area contributed by atoms with Crippen molar-refractivity contribution in [1.29, 1.82) is 0 Å². The number of carbonyl (C=O) groups excluding carboxylic acids is 1. The highest BCUT2D eigenvalue weighted by Gasteiger charge is 2.26. The summed E-state index contributed by atoms with van der Waals surface area (Å²) in [6, 6.07) is 8.43. The van der Waals surface area contributed by atoms with Gasteiger partial charge in [-0.3, -0.25) is 14.3 Å². The van der Waals surface area contributed by atoms with E-state index in [0.717, 1.165) is 48.1 Å². The van der Waals surface area contributed by atoms with Crippen molar-refractivity contribution in [1.82, 2.24) is 24.2 Å². The Balaban J connectivity index is 1.62. The molecule has 1 atom stereocenters. The fraction of sp³-hybridized carbons (Fsp3) is 0.480. The molecule has 0 spiro atoms. The summed E-state index contributed by atoms with van der Waals surface area (Å²) in [4.78, 5) is 15.5. The first kappa shape index (κ1) is 23.7. The second-order valence-corrected chi connectivity index (χ2v) is 9.61. The second kappa shape index (κ2) is 10.2. The third-order valence-corrected chi connectivity index (χ3v) is 7.51. The number of piperidine rings is 1. The molecule has 1 fully saturated rings. The maximum atomic E-state index is 13.6. The fourth-order valence-electron chi connectivity index (χ4n) is 4.72. The molecule has 1 saturated heterocycles. The van der Waals surface area contributed by atoms with Gasteiger partial charge >= 0.3 is 0 Å². The zero-order valence-corrected chi connectivity index (χ0v) is 20.7. The molecule has 4 rings (SSSR count). The summed E-state index contributed by atoms with van der Waals surface area (Å²) in [6.45, 7) is 11.2. The van der Waals surface area contributed by atoms with Crippen molar-refractivity contribution in [2.24, 2.45) is 0 Å². The van der Waals surface area contributed by atoms with Crippen LogP contribution < -0.4 is 0 Å². The van der Waals surface area contributed by atoms with Gasteiger partial charge in [0.15, 0.2) is 16.8 Å². The Morgan fingerprint density at radius 1 is 1.12 bits per heavy atom. The average Bonchev–Trinajstić information content (AvgIpc) is 3.38. The van der Waals surface area contributed by atoms with Crippen molar-refractivity contribution in [3.05, 3.63) is 58.9 Å². The molecule has 1 aliphatic rings. The fourth-order valence-corrected chi connectivity index (χ4v) is 5.57. The van der Waals surface area contributed by atoms with Gasteiger partial charge < -0.3 is 4.57 Å². The molecule has 176 valence electrons. The molecular formula is C25H32FN5OS. The number of Topliss-reactive ketones (excluding diaryl/α,β-unsaturated/α-hetero) is 1. The van der Waals surface area contributed by atoms with E-state index in [4.69, 9.17) is 0 Å². The highest BCUT2D eigenvalue weighted by molar-refractivity contribution is 7.99. The lowest BCUT2D eigenvalue weighted by atomic mass is 10.1. The van der Waals surface area contributed by atoms with E-state index in [0.29, 0.717) is 5.16 Å². The molecule has 1 aliphatic heterocycles. The maximum absolute atomic E-state index is 13.6. The van der Waals surface area contributed by atoms with E-state index in [1.165, 1.54) is 43.2 Å². The van der Waals surface area contributed by atoms with Gasteiger partial charge in [0.1, 0.15) is 5.82 Å². The normalized spacial score (nSPS) is 15.7. The molecule has 0 aliphatic carbocycles. The monoisotopic (exact) mass is 469 g/mol. The van der Waals surface area contributed by atoms with Crippen LogP contribution in [0.3, 0.4) is 0 Å². The first-order valence-corrected chi connectivity index (χ1v) is 12.7. The van der Waals surface area contributed by atoms with Crippen molar-refractivity contribution in [2.75, 3.05) is 18.8 Å². The van der Waals surface area contributed by atoms with E-state index in [1.807, 2.05) is 24.5 Å². The summed E-state index contributed by atoms with van der Waals surface area (Å²) in [5.74, 6) is 0.883. The summed E-state index contributed by atoms with van der Waals surface area (Å²) < 4.78 is 17.7. The number of likely N-dealkylation sites (tertiary alicyclic amines) is 1. The standard InChI is InChI=1S/C25H32FN5OS/c1-5-30-17(2)15-22(18(30)3)23(32)16-33-25-28-27-24(19(4)29-13-7-6-8-14-29)31(25)21-11-9-20(26)10-12-21/h9-12,15,19H,5-8,13-14,16H2,1-4H3. The van der Waals surface area contributed by atoms with Crippen LogP contribution >= 0.6 is 11.8 Å². The van der Waals surface area contributed by atoms with Crippen molar-refractivity contribution >= 4 is 17.5 Å². The Labute approximate surface area is 199 Å². The van der Waals surface area contributed by atoms with Gasteiger partial charge in [0, 0.05) is 29.2 Å². The van der Waals surface area contributed by atoms with Gasteiger partial charge in [0.05, 0.1) is 11.8 Å². The van der Waals surface area contributed by atoms with Crippen LogP contribution in [0, 0.1) is 19.7 Å². The molecule has 0 bridgehead atoms. The van der Waals surface area contributed by atoms with Crippen LogP contribution in [0.2, 0.25) is 0 Å². The number of hydrogen-bond donors (Lipinski definition) is 0. The summed E-state index contributed by atoms with van der Waals surface area (Å²) in [6.07, 6.45) is 3.62. The molecule has 0 saturated carbocycles. The van der Waals surface area contributed by atoms with Gasteiger partial charge in [-0.2, -0.15) is 0 Å². The van der Waals surface area contributed by atoms with Crippen LogP contribution in [0.25, 0.3) is 5.69 Å². The molecule has 3 aromatic rings. The topological polar surface area (TPSA) is 56.0 Å². The number of thioether (sulfide) groups is 1. The number of aromatic nitrogens is 4. The van der Waals surface area contributed by atoms with Gasteiger partial charge in [0.2, 0.25) is 0 Å². The molecule has 2 aromatic heterocycles.